The average molecular weight is 300 g/mol. The van der Waals surface area contributed by atoms with Crippen molar-refractivity contribution in [3.05, 3.63) is 30.5 Å². The number of aliphatic hydroxyl groups is 1. The highest BCUT2D eigenvalue weighted by Crippen LogP contribution is 2.28. The fraction of sp³-hybridized carbons (Fsp3) is 0.471. The molecule has 0 saturated carbocycles. The highest BCUT2D eigenvalue weighted by molar-refractivity contribution is 5.94. The van der Waals surface area contributed by atoms with Crippen molar-refractivity contribution in [1.82, 2.24) is 10.3 Å². The lowest BCUT2D eigenvalue weighted by Gasteiger charge is -2.24. The number of nitrogens with one attached hydrogen (secondary N) is 1. The van der Waals surface area contributed by atoms with Crippen molar-refractivity contribution >= 4 is 22.3 Å². The highest BCUT2D eigenvalue weighted by atomic mass is 16.3. The maximum atomic E-state index is 9.13. The predicted octanol–water partition coefficient (Wildman–Crippen LogP) is 1.46. The Hall–Kier alpha value is -1.85. The Labute approximate surface area is 131 Å². The normalized spacial score (nSPS) is 15.8. The number of nitrogens with zero attached hydrogens (tertiary/aromatic N) is 3. The minimum atomic E-state index is 0.132. The zero-order valence-electron chi connectivity index (χ0n) is 13.1. The fourth-order valence-corrected chi connectivity index (χ4v) is 3.01. The first-order valence-corrected chi connectivity index (χ1v) is 7.96. The summed E-state index contributed by atoms with van der Waals surface area (Å²) in [6, 6.07) is 8.65. The highest BCUT2D eigenvalue weighted by Gasteiger charge is 2.12. The Morgan fingerprint density at radius 1 is 1.27 bits per heavy atom. The van der Waals surface area contributed by atoms with Gasteiger partial charge < -0.3 is 20.2 Å². The number of likely N-dealkylation sites (N-methyl/N-ethyl adjacent to an activating group) is 1. The van der Waals surface area contributed by atoms with Crippen molar-refractivity contribution in [3.8, 4) is 0 Å². The molecule has 1 fully saturated rings. The summed E-state index contributed by atoms with van der Waals surface area (Å²) >= 11 is 0. The lowest BCUT2D eigenvalue weighted by Crippen LogP contribution is -2.27. The van der Waals surface area contributed by atoms with Crippen LogP contribution in [-0.4, -0.2) is 56.5 Å². The molecule has 5 heteroatoms. The monoisotopic (exact) mass is 300 g/mol. The van der Waals surface area contributed by atoms with Crippen LogP contribution in [0.3, 0.4) is 0 Å². The molecule has 2 N–H and O–H groups in total. The quantitative estimate of drug-likeness (QED) is 0.895. The number of hydrogen-bond donors (Lipinski definition) is 2. The molecule has 0 bridgehead atoms. The molecular weight excluding hydrogens is 276 g/mol. The maximum absolute atomic E-state index is 9.13. The Kier molecular flexibility index (Phi) is 4.75. The van der Waals surface area contributed by atoms with Gasteiger partial charge in [0.2, 0.25) is 0 Å². The number of aromatic nitrogens is 1. The number of aliphatic hydroxyl groups excluding tert-OH is 1. The number of anilines is 2. The van der Waals surface area contributed by atoms with Crippen LogP contribution in [0.1, 0.15) is 6.42 Å². The fourth-order valence-electron chi connectivity index (χ4n) is 3.01. The molecule has 118 valence electrons. The zero-order chi connectivity index (χ0) is 15.4. The summed E-state index contributed by atoms with van der Waals surface area (Å²) in [4.78, 5) is 8.91. The molecule has 5 nitrogen and oxygen atoms in total. The van der Waals surface area contributed by atoms with Crippen LogP contribution in [0, 0.1) is 0 Å². The third-order valence-corrected chi connectivity index (χ3v) is 4.23. The van der Waals surface area contributed by atoms with Crippen molar-refractivity contribution in [2.45, 2.75) is 6.42 Å². The summed E-state index contributed by atoms with van der Waals surface area (Å²) in [6.07, 6.45) is 3.03. The molecule has 1 aromatic carbocycles. The molecule has 0 amide bonds. The van der Waals surface area contributed by atoms with Crippen LogP contribution in [0.2, 0.25) is 0 Å². The average Bonchev–Trinajstić information content (AvgIpc) is 2.83. The molecular formula is C17H24N4O. The first-order chi connectivity index (χ1) is 10.8. The van der Waals surface area contributed by atoms with Gasteiger partial charge in [0, 0.05) is 50.5 Å². The van der Waals surface area contributed by atoms with Crippen LogP contribution < -0.4 is 15.1 Å². The van der Waals surface area contributed by atoms with Gasteiger partial charge in [-0.3, -0.25) is 0 Å². The van der Waals surface area contributed by atoms with Gasteiger partial charge in [-0.25, -0.2) is 4.98 Å². The molecule has 0 aliphatic carbocycles. The van der Waals surface area contributed by atoms with E-state index in [1.165, 1.54) is 17.5 Å². The van der Waals surface area contributed by atoms with Gasteiger partial charge in [0.05, 0.1) is 6.61 Å². The molecule has 0 atom stereocenters. The first kappa shape index (κ1) is 15.1. The molecule has 0 radical (unpaired) electrons. The number of pyridine rings is 1. The Morgan fingerprint density at radius 2 is 2.18 bits per heavy atom. The first-order valence-electron chi connectivity index (χ1n) is 7.96. The van der Waals surface area contributed by atoms with Crippen LogP contribution >= 0.6 is 0 Å². The standard InChI is InChI=1S/C17H24N4O/c1-20(11-12-22)17-16-4-3-15(13-14(16)5-7-19-17)21-9-2-6-18-8-10-21/h3-5,7,13,18,22H,2,6,8-12H2,1H3. The number of fused-ring (bicyclic) bond motifs is 1. The Bertz CT molecular complexity index is 623. The summed E-state index contributed by atoms with van der Waals surface area (Å²) in [6.45, 7) is 5.01. The molecule has 3 rings (SSSR count). The van der Waals surface area contributed by atoms with Crippen molar-refractivity contribution in [2.24, 2.45) is 0 Å². The Morgan fingerprint density at radius 3 is 3.05 bits per heavy atom. The van der Waals surface area contributed by atoms with Crippen molar-refractivity contribution in [2.75, 3.05) is 56.2 Å². The molecule has 2 heterocycles. The van der Waals surface area contributed by atoms with Crippen LogP contribution in [0.15, 0.2) is 30.5 Å². The molecule has 1 aromatic heterocycles. The molecule has 22 heavy (non-hydrogen) atoms. The summed E-state index contributed by atoms with van der Waals surface area (Å²) in [5.41, 5.74) is 1.28. The Balaban J connectivity index is 1.93. The van der Waals surface area contributed by atoms with Gasteiger partial charge in [0.1, 0.15) is 5.82 Å². The van der Waals surface area contributed by atoms with Crippen LogP contribution in [0.4, 0.5) is 11.5 Å². The van der Waals surface area contributed by atoms with E-state index >= 15 is 0 Å². The van der Waals surface area contributed by atoms with Gasteiger partial charge in [-0.15, -0.1) is 0 Å². The van der Waals surface area contributed by atoms with E-state index in [0.717, 1.165) is 37.4 Å². The molecule has 2 aromatic rings. The van der Waals surface area contributed by atoms with Crippen molar-refractivity contribution < 1.29 is 5.11 Å². The third kappa shape index (κ3) is 3.15. The number of hydrogen-bond acceptors (Lipinski definition) is 5. The van der Waals surface area contributed by atoms with E-state index in [9.17, 15) is 0 Å². The minimum absolute atomic E-state index is 0.132. The second-order valence-electron chi connectivity index (χ2n) is 5.78. The maximum Gasteiger partial charge on any atom is 0.136 e. The van der Waals surface area contributed by atoms with E-state index in [1.807, 2.05) is 18.1 Å². The summed E-state index contributed by atoms with van der Waals surface area (Å²) < 4.78 is 0. The molecule has 1 saturated heterocycles. The van der Waals surface area contributed by atoms with Gasteiger partial charge >= 0.3 is 0 Å². The summed E-state index contributed by atoms with van der Waals surface area (Å²) in [5, 5.41) is 14.9. The van der Waals surface area contributed by atoms with E-state index in [-0.39, 0.29) is 6.61 Å². The van der Waals surface area contributed by atoms with Gasteiger partial charge in [-0.2, -0.15) is 0 Å². The zero-order valence-corrected chi connectivity index (χ0v) is 13.1. The summed E-state index contributed by atoms with van der Waals surface area (Å²) in [7, 11) is 1.96. The van der Waals surface area contributed by atoms with E-state index in [1.54, 1.807) is 0 Å². The van der Waals surface area contributed by atoms with Gasteiger partial charge in [-0.05, 0) is 42.6 Å². The number of benzene rings is 1. The van der Waals surface area contributed by atoms with E-state index < -0.39 is 0 Å². The lowest BCUT2D eigenvalue weighted by molar-refractivity contribution is 0.304. The van der Waals surface area contributed by atoms with Gasteiger partial charge in [0.25, 0.3) is 0 Å². The SMILES string of the molecule is CN(CCO)c1nccc2cc(N3CCCNCC3)ccc12. The lowest BCUT2D eigenvalue weighted by atomic mass is 10.1. The van der Waals surface area contributed by atoms with E-state index in [2.05, 4.69) is 39.5 Å². The largest absolute Gasteiger partial charge is 0.395 e. The molecule has 0 unspecified atom stereocenters. The summed E-state index contributed by atoms with van der Waals surface area (Å²) in [5.74, 6) is 0.927. The third-order valence-electron chi connectivity index (χ3n) is 4.23. The van der Waals surface area contributed by atoms with Gasteiger partial charge in [-0.1, -0.05) is 0 Å². The smallest absolute Gasteiger partial charge is 0.136 e. The van der Waals surface area contributed by atoms with E-state index in [0.29, 0.717) is 6.54 Å². The molecule has 1 aliphatic rings. The minimum Gasteiger partial charge on any atom is -0.395 e. The topological polar surface area (TPSA) is 51.6 Å². The van der Waals surface area contributed by atoms with Gasteiger partial charge in [0.15, 0.2) is 0 Å². The van der Waals surface area contributed by atoms with Crippen LogP contribution in [-0.2, 0) is 0 Å². The number of rotatable bonds is 4. The van der Waals surface area contributed by atoms with Crippen molar-refractivity contribution in [1.29, 1.82) is 0 Å². The van der Waals surface area contributed by atoms with Crippen molar-refractivity contribution in [3.63, 3.8) is 0 Å². The van der Waals surface area contributed by atoms with Crippen LogP contribution in [0.25, 0.3) is 10.8 Å². The molecule has 1 aliphatic heterocycles. The van der Waals surface area contributed by atoms with Crippen LogP contribution in [0.5, 0.6) is 0 Å². The molecule has 0 spiro atoms. The second kappa shape index (κ2) is 6.94. The predicted molar refractivity (Wildman–Crippen MR) is 91.8 cm³/mol. The van der Waals surface area contributed by atoms with E-state index in [4.69, 9.17) is 5.11 Å². The second-order valence-corrected chi connectivity index (χ2v) is 5.78.